The Labute approximate surface area is 219 Å². The molecule has 0 bridgehead atoms. The van der Waals surface area contributed by atoms with E-state index in [-0.39, 0.29) is 5.91 Å². The molecule has 0 aliphatic carbocycles. The standard InChI is InChI=1S/C31H36ClN3O/c1-3-23(2)26-16-12-25(13-17-26)22-35-29-10-7-6-9-28(29)34-30(35)11-5-4-8-20-33-31(36)21-24-14-18-27(32)19-15-24/h6-7,9-10,12-19,23H,3-5,8,11,20-22H2,1-2H3,(H,33,36). The number of halogens is 1. The number of aryl methyl sites for hydroxylation is 1. The first-order valence-electron chi connectivity index (χ1n) is 13.1. The lowest BCUT2D eigenvalue weighted by atomic mass is 9.97. The zero-order valence-electron chi connectivity index (χ0n) is 21.3. The summed E-state index contributed by atoms with van der Waals surface area (Å²) < 4.78 is 2.36. The summed E-state index contributed by atoms with van der Waals surface area (Å²) >= 11 is 5.91. The van der Waals surface area contributed by atoms with Crippen LogP contribution in [-0.4, -0.2) is 22.0 Å². The van der Waals surface area contributed by atoms with Gasteiger partial charge in [-0.1, -0.05) is 80.4 Å². The summed E-state index contributed by atoms with van der Waals surface area (Å²) in [5, 5.41) is 3.72. The highest BCUT2D eigenvalue weighted by Gasteiger charge is 2.11. The van der Waals surface area contributed by atoms with Crippen LogP contribution in [0.4, 0.5) is 0 Å². The molecule has 5 heteroatoms. The summed E-state index contributed by atoms with van der Waals surface area (Å²) in [6.45, 7) is 6.04. The van der Waals surface area contributed by atoms with E-state index in [4.69, 9.17) is 16.6 Å². The van der Waals surface area contributed by atoms with Crippen molar-refractivity contribution in [3.63, 3.8) is 0 Å². The highest BCUT2D eigenvalue weighted by Crippen LogP contribution is 2.22. The van der Waals surface area contributed by atoms with E-state index in [1.807, 2.05) is 24.3 Å². The third kappa shape index (κ3) is 6.98. The Morgan fingerprint density at radius 3 is 2.42 bits per heavy atom. The molecule has 1 unspecified atom stereocenters. The van der Waals surface area contributed by atoms with E-state index in [9.17, 15) is 4.79 Å². The van der Waals surface area contributed by atoms with E-state index < -0.39 is 0 Å². The average Bonchev–Trinajstić information content (AvgIpc) is 3.24. The molecular formula is C31H36ClN3O. The molecular weight excluding hydrogens is 466 g/mol. The zero-order valence-corrected chi connectivity index (χ0v) is 22.1. The molecule has 4 nitrogen and oxygen atoms in total. The molecule has 1 aromatic heterocycles. The summed E-state index contributed by atoms with van der Waals surface area (Å²) in [7, 11) is 0. The van der Waals surface area contributed by atoms with Gasteiger partial charge in [-0.05, 0) is 66.1 Å². The van der Waals surface area contributed by atoms with E-state index in [1.165, 1.54) is 16.6 Å². The van der Waals surface area contributed by atoms with Gasteiger partial charge in [0.05, 0.1) is 17.5 Å². The molecule has 0 spiro atoms. The number of aromatic nitrogens is 2. The molecule has 36 heavy (non-hydrogen) atoms. The molecule has 0 fully saturated rings. The van der Waals surface area contributed by atoms with Gasteiger partial charge in [-0.2, -0.15) is 0 Å². The number of fused-ring (bicyclic) bond motifs is 1. The predicted octanol–water partition coefficient (Wildman–Crippen LogP) is 7.32. The fraction of sp³-hybridized carbons (Fsp3) is 0.355. The summed E-state index contributed by atoms with van der Waals surface area (Å²) in [6.07, 6.45) is 5.53. The number of amides is 1. The number of unbranched alkanes of at least 4 members (excludes halogenated alkanes) is 2. The maximum absolute atomic E-state index is 12.2. The van der Waals surface area contributed by atoms with Crippen molar-refractivity contribution >= 4 is 28.5 Å². The van der Waals surface area contributed by atoms with Crippen LogP contribution in [0, 0.1) is 0 Å². The minimum Gasteiger partial charge on any atom is -0.356 e. The summed E-state index contributed by atoms with van der Waals surface area (Å²) in [4.78, 5) is 17.1. The van der Waals surface area contributed by atoms with Crippen LogP contribution in [0.1, 0.15) is 68.0 Å². The number of para-hydroxylation sites is 2. The lowest BCUT2D eigenvalue weighted by Crippen LogP contribution is -2.26. The smallest absolute Gasteiger partial charge is 0.224 e. The van der Waals surface area contributed by atoms with E-state index in [0.717, 1.165) is 55.6 Å². The lowest BCUT2D eigenvalue weighted by Gasteiger charge is -2.12. The van der Waals surface area contributed by atoms with Crippen molar-refractivity contribution in [3.05, 3.63) is 100 Å². The minimum absolute atomic E-state index is 0.0541. The number of nitrogens with zero attached hydrogens (tertiary/aromatic N) is 2. The highest BCUT2D eigenvalue weighted by atomic mass is 35.5. The molecule has 0 saturated carbocycles. The van der Waals surface area contributed by atoms with Crippen molar-refractivity contribution in [2.75, 3.05) is 6.54 Å². The van der Waals surface area contributed by atoms with Gasteiger partial charge in [0.25, 0.3) is 0 Å². The van der Waals surface area contributed by atoms with Crippen LogP contribution < -0.4 is 5.32 Å². The molecule has 1 atom stereocenters. The highest BCUT2D eigenvalue weighted by molar-refractivity contribution is 6.30. The predicted molar refractivity (Wildman–Crippen MR) is 150 cm³/mol. The molecule has 0 radical (unpaired) electrons. The first kappa shape index (κ1) is 26.0. The van der Waals surface area contributed by atoms with Crippen LogP contribution in [0.5, 0.6) is 0 Å². The molecule has 3 aromatic carbocycles. The molecule has 1 amide bonds. The second-order valence-electron chi connectivity index (χ2n) is 9.62. The van der Waals surface area contributed by atoms with Gasteiger partial charge in [0, 0.05) is 24.5 Å². The first-order chi connectivity index (χ1) is 17.5. The number of benzene rings is 3. The maximum atomic E-state index is 12.2. The monoisotopic (exact) mass is 501 g/mol. The Hall–Kier alpha value is -3.11. The van der Waals surface area contributed by atoms with E-state index in [2.05, 4.69) is 72.3 Å². The molecule has 1 heterocycles. The molecule has 4 rings (SSSR count). The van der Waals surface area contributed by atoms with Gasteiger partial charge < -0.3 is 9.88 Å². The SMILES string of the molecule is CCC(C)c1ccc(Cn2c(CCCCCNC(=O)Cc3ccc(Cl)cc3)nc3ccccc32)cc1. The van der Waals surface area contributed by atoms with E-state index in [0.29, 0.717) is 23.9 Å². The van der Waals surface area contributed by atoms with Gasteiger partial charge in [-0.15, -0.1) is 0 Å². The van der Waals surface area contributed by atoms with Crippen LogP contribution in [0.15, 0.2) is 72.8 Å². The number of rotatable bonds is 12. The van der Waals surface area contributed by atoms with Crippen LogP contribution in [0.25, 0.3) is 11.0 Å². The van der Waals surface area contributed by atoms with Crippen LogP contribution >= 0.6 is 11.6 Å². The summed E-state index contributed by atoms with van der Waals surface area (Å²) in [6, 6.07) is 24.9. The number of imidazole rings is 1. The molecule has 188 valence electrons. The third-order valence-corrected chi connectivity index (χ3v) is 7.16. The maximum Gasteiger partial charge on any atom is 0.224 e. The van der Waals surface area contributed by atoms with Gasteiger partial charge in [0.2, 0.25) is 5.91 Å². The van der Waals surface area contributed by atoms with Gasteiger partial charge >= 0.3 is 0 Å². The minimum atomic E-state index is 0.0541. The third-order valence-electron chi connectivity index (χ3n) is 6.91. The Kier molecular flexibility index (Phi) is 9.18. The van der Waals surface area contributed by atoms with Crippen molar-refractivity contribution in [2.45, 2.75) is 64.8 Å². The number of hydrogen-bond donors (Lipinski definition) is 1. The Balaban J connectivity index is 1.29. The molecule has 0 saturated heterocycles. The number of hydrogen-bond acceptors (Lipinski definition) is 2. The number of carbonyl (C=O) groups is 1. The number of carbonyl (C=O) groups excluding carboxylic acids is 1. The van der Waals surface area contributed by atoms with E-state index in [1.54, 1.807) is 0 Å². The van der Waals surface area contributed by atoms with Crippen LogP contribution in [-0.2, 0) is 24.2 Å². The topological polar surface area (TPSA) is 46.9 Å². The molecule has 0 aliphatic heterocycles. The molecule has 4 aromatic rings. The molecule has 0 aliphatic rings. The first-order valence-corrected chi connectivity index (χ1v) is 13.5. The van der Waals surface area contributed by atoms with Gasteiger partial charge in [-0.25, -0.2) is 4.98 Å². The van der Waals surface area contributed by atoms with Gasteiger partial charge in [0.1, 0.15) is 5.82 Å². The van der Waals surface area contributed by atoms with E-state index >= 15 is 0 Å². The Morgan fingerprint density at radius 2 is 1.67 bits per heavy atom. The zero-order chi connectivity index (χ0) is 25.3. The van der Waals surface area contributed by atoms with Crippen molar-refractivity contribution in [3.8, 4) is 0 Å². The lowest BCUT2D eigenvalue weighted by molar-refractivity contribution is -0.120. The summed E-state index contributed by atoms with van der Waals surface area (Å²) in [5.74, 6) is 1.78. The van der Waals surface area contributed by atoms with Crippen LogP contribution in [0.2, 0.25) is 5.02 Å². The van der Waals surface area contributed by atoms with Crippen LogP contribution in [0.3, 0.4) is 0 Å². The molecule has 1 N–H and O–H groups in total. The fourth-order valence-corrected chi connectivity index (χ4v) is 4.65. The second kappa shape index (κ2) is 12.7. The normalized spacial score (nSPS) is 12.1. The fourth-order valence-electron chi connectivity index (χ4n) is 4.53. The second-order valence-corrected chi connectivity index (χ2v) is 10.1. The Bertz CT molecular complexity index is 1260. The number of nitrogens with one attached hydrogen (secondary N) is 1. The van der Waals surface area contributed by atoms with Crippen molar-refractivity contribution < 1.29 is 4.79 Å². The largest absolute Gasteiger partial charge is 0.356 e. The Morgan fingerprint density at radius 1 is 0.944 bits per heavy atom. The van der Waals surface area contributed by atoms with Gasteiger partial charge in [-0.3, -0.25) is 4.79 Å². The summed E-state index contributed by atoms with van der Waals surface area (Å²) in [5.41, 5.74) is 5.92. The van der Waals surface area contributed by atoms with Crippen molar-refractivity contribution in [1.29, 1.82) is 0 Å². The quantitative estimate of drug-likeness (QED) is 0.207. The van der Waals surface area contributed by atoms with Crippen molar-refractivity contribution in [2.24, 2.45) is 0 Å². The van der Waals surface area contributed by atoms with Gasteiger partial charge in [0.15, 0.2) is 0 Å². The van der Waals surface area contributed by atoms with Crippen molar-refractivity contribution in [1.82, 2.24) is 14.9 Å². The average molecular weight is 502 g/mol.